The van der Waals surface area contributed by atoms with Crippen LogP contribution in [0.5, 0.6) is 0 Å². The Balaban J connectivity index is 2.22. The zero-order chi connectivity index (χ0) is 23.7. The fourth-order valence-corrected chi connectivity index (χ4v) is 4.05. The largest absolute Gasteiger partial charge is 0.369 e. The number of hydrogen-bond acceptors (Lipinski definition) is 3. The van der Waals surface area contributed by atoms with Crippen molar-refractivity contribution < 1.29 is 18.4 Å². The van der Waals surface area contributed by atoms with E-state index in [0.29, 0.717) is 48.7 Å². The molecule has 0 saturated heterocycles. The molecule has 0 aliphatic heterocycles. The first-order valence-electron chi connectivity index (χ1n) is 10.7. The summed E-state index contributed by atoms with van der Waals surface area (Å²) in [6.45, 7) is 4.61. The minimum atomic E-state index is -2.41. The van der Waals surface area contributed by atoms with Gasteiger partial charge in [-0.05, 0) is 36.2 Å². The van der Waals surface area contributed by atoms with Crippen LogP contribution in [-0.2, 0) is 9.59 Å². The van der Waals surface area contributed by atoms with E-state index >= 15 is 0 Å². The molecule has 0 aromatic heterocycles. The maximum atomic E-state index is 12.6. The molecule has 174 valence electrons. The molecule has 1 unspecified atom stereocenters. The number of alkyl halides is 2. The summed E-state index contributed by atoms with van der Waals surface area (Å²) < 4.78 is 25.3. The van der Waals surface area contributed by atoms with Gasteiger partial charge in [-0.2, -0.15) is 0 Å². The highest BCUT2D eigenvalue weighted by molar-refractivity contribution is 6.34. The van der Waals surface area contributed by atoms with Crippen molar-refractivity contribution in [2.45, 2.75) is 39.0 Å². The Morgan fingerprint density at radius 3 is 2.34 bits per heavy atom. The summed E-state index contributed by atoms with van der Waals surface area (Å²) in [4.78, 5) is 26.6. The van der Waals surface area contributed by atoms with Crippen LogP contribution in [0.1, 0.15) is 38.2 Å². The predicted molar refractivity (Wildman–Crippen MR) is 125 cm³/mol. The summed E-state index contributed by atoms with van der Waals surface area (Å²) in [5, 5.41) is 0.482. The summed E-state index contributed by atoms with van der Waals surface area (Å²) in [5.74, 6) is -0.858. The van der Waals surface area contributed by atoms with E-state index < -0.39 is 18.3 Å². The molecule has 0 fully saturated rings. The Bertz CT molecular complexity index is 893. The number of nitrogens with two attached hydrogens (primary N) is 1. The molecule has 0 aliphatic carbocycles. The second-order valence-corrected chi connectivity index (χ2v) is 7.96. The second kappa shape index (κ2) is 12.5. The van der Waals surface area contributed by atoms with E-state index in [1.165, 1.54) is 4.90 Å². The average Bonchev–Trinajstić information content (AvgIpc) is 2.77. The van der Waals surface area contributed by atoms with Crippen LogP contribution in [0.15, 0.2) is 42.5 Å². The van der Waals surface area contributed by atoms with Gasteiger partial charge in [0.05, 0.1) is 17.5 Å². The van der Waals surface area contributed by atoms with E-state index in [9.17, 15) is 18.4 Å². The van der Waals surface area contributed by atoms with Crippen LogP contribution in [0.2, 0.25) is 5.02 Å². The van der Waals surface area contributed by atoms with Crippen molar-refractivity contribution >= 4 is 29.6 Å². The summed E-state index contributed by atoms with van der Waals surface area (Å²) in [6, 6.07) is 12.8. The molecule has 0 bridgehead atoms. The van der Waals surface area contributed by atoms with Crippen molar-refractivity contribution in [2.75, 3.05) is 31.1 Å². The summed E-state index contributed by atoms with van der Waals surface area (Å²) >= 11 is 6.65. The molecule has 0 heterocycles. The molecule has 0 aliphatic rings. The lowest BCUT2D eigenvalue weighted by atomic mass is 9.91. The van der Waals surface area contributed by atoms with Crippen LogP contribution in [0.4, 0.5) is 14.5 Å². The molecular formula is C24H30ClF2N3O2. The highest BCUT2D eigenvalue weighted by Gasteiger charge is 2.21. The number of anilines is 1. The number of rotatable bonds is 13. The van der Waals surface area contributed by atoms with E-state index in [2.05, 4.69) is 0 Å². The van der Waals surface area contributed by atoms with Gasteiger partial charge in [-0.15, -0.1) is 0 Å². The summed E-state index contributed by atoms with van der Waals surface area (Å²) in [5.41, 5.74) is 8.55. The number of carbonyl (C=O) groups is 2. The maximum Gasteiger partial charge on any atom is 0.251 e. The molecule has 2 rings (SSSR count). The van der Waals surface area contributed by atoms with Gasteiger partial charge >= 0.3 is 0 Å². The number of benzene rings is 2. The lowest BCUT2D eigenvalue weighted by molar-refractivity contribution is -0.119. The predicted octanol–water partition coefficient (Wildman–Crippen LogP) is 4.93. The highest BCUT2D eigenvalue weighted by Crippen LogP contribution is 2.36. The molecule has 1 atom stereocenters. The van der Waals surface area contributed by atoms with Crippen LogP contribution in [-0.4, -0.2) is 49.8 Å². The Labute approximate surface area is 193 Å². The van der Waals surface area contributed by atoms with Gasteiger partial charge in [0.15, 0.2) is 0 Å². The molecule has 2 aromatic carbocycles. The number of hydrogen-bond donors (Lipinski definition) is 1. The Morgan fingerprint density at radius 2 is 1.81 bits per heavy atom. The van der Waals surface area contributed by atoms with Gasteiger partial charge < -0.3 is 10.6 Å². The van der Waals surface area contributed by atoms with Gasteiger partial charge in [0.2, 0.25) is 12.3 Å². The zero-order valence-electron chi connectivity index (χ0n) is 18.4. The molecule has 2 N–H and O–H groups in total. The van der Waals surface area contributed by atoms with Crippen molar-refractivity contribution in [3.8, 4) is 11.1 Å². The third kappa shape index (κ3) is 6.74. The van der Waals surface area contributed by atoms with Crippen LogP contribution < -0.4 is 10.6 Å². The molecule has 2 amide bonds. The van der Waals surface area contributed by atoms with Gasteiger partial charge in [0, 0.05) is 24.3 Å². The number of carbonyl (C=O) groups excluding carboxylic acids is 2. The third-order valence-corrected chi connectivity index (χ3v) is 5.88. The normalized spacial score (nSPS) is 12.2. The Hall–Kier alpha value is -2.51. The van der Waals surface area contributed by atoms with E-state index in [0.717, 1.165) is 17.5 Å². The third-order valence-electron chi connectivity index (χ3n) is 5.46. The fraction of sp³-hybridized carbons (Fsp3) is 0.417. The summed E-state index contributed by atoms with van der Waals surface area (Å²) in [6.07, 6.45) is -0.296. The lowest BCUT2D eigenvalue weighted by Gasteiger charge is -2.24. The minimum absolute atomic E-state index is 0.303. The second-order valence-electron chi connectivity index (χ2n) is 7.58. The van der Waals surface area contributed by atoms with Crippen molar-refractivity contribution in [1.29, 1.82) is 0 Å². The lowest BCUT2D eigenvalue weighted by Crippen LogP contribution is -2.37. The van der Waals surface area contributed by atoms with Gasteiger partial charge in [-0.3, -0.25) is 14.5 Å². The van der Waals surface area contributed by atoms with E-state index in [1.807, 2.05) is 44.2 Å². The zero-order valence-corrected chi connectivity index (χ0v) is 19.2. The highest BCUT2D eigenvalue weighted by atomic mass is 35.5. The Morgan fingerprint density at radius 1 is 1.12 bits per heavy atom. The molecule has 32 heavy (non-hydrogen) atoms. The van der Waals surface area contributed by atoms with E-state index in [4.69, 9.17) is 17.3 Å². The fourth-order valence-electron chi connectivity index (χ4n) is 3.68. The number of halogens is 3. The molecule has 0 radical (unpaired) electrons. The topological polar surface area (TPSA) is 66.6 Å². The quantitative estimate of drug-likeness (QED) is 0.427. The van der Waals surface area contributed by atoms with E-state index in [1.54, 1.807) is 17.0 Å². The monoisotopic (exact) mass is 465 g/mol. The molecule has 0 spiro atoms. The first-order valence-corrected chi connectivity index (χ1v) is 11.1. The Kier molecular flexibility index (Phi) is 10.1. The van der Waals surface area contributed by atoms with Crippen molar-refractivity contribution in [1.82, 2.24) is 4.90 Å². The van der Waals surface area contributed by atoms with Crippen molar-refractivity contribution in [2.24, 2.45) is 5.73 Å². The maximum absolute atomic E-state index is 12.6. The summed E-state index contributed by atoms with van der Waals surface area (Å²) in [7, 11) is 0. The van der Waals surface area contributed by atoms with Gasteiger partial charge in [0.1, 0.15) is 0 Å². The van der Waals surface area contributed by atoms with Gasteiger partial charge in [-0.25, -0.2) is 8.78 Å². The number of likely N-dealkylation sites (N-methyl/N-ethyl adjacent to an activating group) is 1. The number of primary amides is 1. The van der Waals surface area contributed by atoms with Crippen molar-refractivity contribution in [3.05, 3.63) is 53.1 Å². The SMILES string of the molecule is CCCC(C(N)=O)c1cccc(-c2ccc(N(C=O)CCN(CC)CC(F)F)cc2)c1Cl. The van der Waals surface area contributed by atoms with Crippen LogP contribution >= 0.6 is 11.6 Å². The molecular weight excluding hydrogens is 436 g/mol. The van der Waals surface area contributed by atoms with E-state index in [-0.39, 0.29) is 6.54 Å². The van der Waals surface area contributed by atoms with Gasteiger partial charge in [0.25, 0.3) is 6.43 Å². The number of nitrogens with zero attached hydrogens (tertiary/aromatic N) is 2. The number of amides is 2. The van der Waals surface area contributed by atoms with Crippen LogP contribution in [0, 0.1) is 0 Å². The first-order chi connectivity index (χ1) is 15.3. The van der Waals surface area contributed by atoms with Gasteiger partial charge in [-0.1, -0.05) is 62.2 Å². The smallest absolute Gasteiger partial charge is 0.251 e. The molecule has 8 heteroatoms. The minimum Gasteiger partial charge on any atom is -0.369 e. The van der Waals surface area contributed by atoms with Crippen LogP contribution in [0.3, 0.4) is 0 Å². The molecule has 5 nitrogen and oxygen atoms in total. The average molecular weight is 466 g/mol. The first kappa shape index (κ1) is 25.7. The van der Waals surface area contributed by atoms with Crippen molar-refractivity contribution in [3.63, 3.8) is 0 Å². The van der Waals surface area contributed by atoms with Crippen LogP contribution in [0.25, 0.3) is 11.1 Å². The molecule has 2 aromatic rings. The molecule has 0 saturated carbocycles. The standard InChI is InChI=1S/C24H30ClF2N3O2/c1-3-6-21(24(28)32)20-8-5-7-19(23(20)25)17-9-11-18(12-10-17)30(16-31)14-13-29(4-2)15-22(26)27/h5,7-12,16,21-22H,3-4,6,13-15H2,1-2H3,(H2,28,32).